The molecule has 1 aromatic rings. The molecule has 0 aliphatic heterocycles. The minimum atomic E-state index is -0.210. The smallest absolute Gasteiger partial charge is 0.124 e. The molecule has 0 bridgehead atoms. The maximum atomic E-state index is 13.3. The lowest BCUT2D eigenvalue weighted by Crippen LogP contribution is -2.30. The Labute approximate surface area is 110 Å². The monoisotopic (exact) mass is 300 g/mol. The molecule has 0 aromatic heterocycles. The van der Waals surface area contributed by atoms with Gasteiger partial charge in [0.05, 0.1) is 0 Å². The fraction of sp³-hybridized carbons (Fsp3) is 0.571. The van der Waals surface area contributed by atoms with Crippen molar-refractivity contribution in [3.63, 3.8) is 0 Å². The van der Waals surface area contributed by atoms with Crippen LogP contribution in [0.5, 0.6) is 0 Å². The Morgan fingerprint density at radius 1 is 1.18 bits per heavy atom. The van der Waals surface area contributed by atoms with E-state index in [2.05, 4.69) is 15.9 Å². The zero-order valence-corrected chi connectivity index (χ0v) is 11.5. The van der Waals surface area contributed by atoms with Gasteiger partial charge in [-0.15, -0.1) is 0 Å². The number of benzene rings is 1. The van der Waals surface area contributed by atoms with Crippen LogP contribution in [-0.4, -0.2) is 11.7 Å². The van der Waals surface area contributed by atoms with Gasteiger partial charge in [0, 0.05) is 11.1 Å². The minimum Gasteiger partial charge on any atom is -0.396 e. The van der Waals surface area contributed by atoms with E-state index in [-0.39, 0.29) is 17.8 Å². The van der Waals surface area contributed by atoms with E-state index in [1.165, 1.54) is 25.3 Å². The summed E-state index contributed by atoms with van der Waals surface area (Å²) in [6.07, 6.45) is 6.50. The van der Waals surface area contributed by atoms with Crippen LogP contribution in [0.2, 0.25) is 0 Å². The lowest BCUT2D eigenvalue weighted by atomic mass is 9.71. The van der Waals surface area contributed by atoms with Crippen LogP contribution in [0.1, 0.15) is 37.7 Å². The van der Waals surface area contributed by atoms with Gasteiger partial charge < -0.3 is 5.11 Å². The van der Waals surface area contributed by atoms with Gasteiger partial charge in [0.25, 0.3) is 0 Å². The molecule has 1 N–H and O–H groups in total. The standard InChI is InChI=1S/C14H18BrFO/c15-12-6-11(7-13(16)8-12)9-14(10-17)4-2-1-3-5-14/h6-8,17H,1-5,9-10H2. The summed E-state index contributed by atoms with van der Waals surface area (Å²) < 4.78 is 14.1. The summed E-state index contributed by atoms with van der Waals surface area (Å²) in [6.45, 7) is 0.209. The molecule has 1 fully saturated rings. The molecular weight excluding hydrogens is 283 g/mol. The molecule has 1 aliphatic carbocycles. The fourth-order valence-corrected chi connectivity index (χ4v) is 3.35. The van der Waals surface area contributed by atoms with Crippen LogP contribution in [0.3, 0.4) is 0 Å². The molecule has 17 heavy (non-hydrogen) atoms. The number of halogens is 2. The molecule has 3 heteroatoms. The highest BCUT2D eigenvalue weighted by atomic mass is 79.9. The van der Waals surface area contributed by atoms with Crippen molar-refractivity contribution in [1.82, 2.24) is 0 Å². The molecule has 0 unspecified atom stereocenters. The Hall–Kier alpha value is -0.410. The maximum Gasteiger partial charge on any atom is 0.124 e. The minimum absolute atomic E-state index is 0.0223. The SMILES string of the molecule is OCC1(Cc2cc(F)cc(Br)c2)CCCCC1. The van der Waals surface area contributed by atoms with Crippen molar-refractivity contribution in [2.45, 2.75) is 38.5 Å². The van der Waals surface area contributed by atoms with Gasteiger partial charge in [0.15, 0.2) is 0 Å². The van der Waals surface area contributed by atoms with Crippen LogP contribution in [0.25, 0.3) is 0 Å². The zero-order valence-electron chi connectivity index (χ0n) is 9.88. The third-order valence-corrected chi connectivity index (χ3v) is 4.21. The molecule has 0 atom stereocenters. The van der Waals surface area contributed by atoms with Crippen molar-refractivity contribution in [3.05, 3.63) is 34.1 Å². The molecule has 0 saturated heterocycles. The van der Waals surface area contributed by atoms with Gasteiger partial charge >= 0.3 is 0 Å². The summed E-state index contributed by atoms with van der Waals surface area (Å²) in [7, 11) is 0. The largest absolute Gasteiger partial charge is 0.396 e. The summed E-state index contributed by atoms with van der Waals surface area (Å²) in [5, 5.41) is 9.64. The highest BCUT2D eigenvalue weighted by Crippen LogP contribution is 2.39. The highest BCUT2D eigenvalue weighted by molar-refractivity contribution is 9.10. The average molecular weight is 301 g/mol. The van der Waals surface area contributed by atoms with Gasteiger partial charge in [-0.05, 0) is 48.4 Å². The Bertz CT molecular complexity index is 366. The zero-order chi connectivity index (χ0) is 12.3. The number of rotatable bonds is 3. The second-order valence-electron chi connectivity index (χ2n) is 5.17. The molecule has 0 spiro atoms. The predicted molar refractivity (Wildman–Crippen MR) is 70.4 cm³/mol. The Morgan fingerprint density at radius 2 is 1.88 bits per heavy atom. The van der Waals surface area contributed by atoms with Crippen LogP contribution in [0.15, 0.2) is 22.7 Å². The Kier molecular flexibility index (Phi) is 4.21. The van der Waals surface area contributed by atoms with Crippen molar-refractivity contribution in [3.8, 4) is 0 Å². The lowest BCUT2D eigenvalue weighted by Gasteiger charge is -2.35. The Balaban J connectivity index is 2.17. The molecule has 2 rings (SSSR count). The maximum absolute atomic E-state index is 13.3. The van der Waals surface area contributed by atoms with E-state index in [1.54, 1.807) is 6.07 Å². The van der Waals surface area contributed by atoms with Gasteiger partial charge in [-0.3, -0.25) is 0 Å². The summed E-state index contributed by atoms with van der Waals surface area (Å²) >= 11 is 3.31. The average Bonchev–Trinajstić information content (AvgIpc) is 2.29. The van der Waals surface area contributed by atoms with Gasteiger partial charge in [-0.25, -0.2) is 4.39 Å². The highest BCUT2D eigenvalue weighted by Gasteiger charge is 2.31. The van der Waals surface area contributed by atoms with E-state index in [0.29, 0.717) is 0 Å². The first-order valence-electron chi connectivity index (χ1n) is 6.19. The molecular formula is C14H18BrFO. The summed E-state index contributed by atoms with van der Waals surface area (Å²) in [5.41, 5.74) is 0.957. The number of aliphatic hydroxyl groups is 1. The van der Waals surface area contributed by atoms with Gasteiger partial charge in [0.2, 0.25) is 0 Å². The topological polar surface area (TPSA) is 20.2 Å². The first-order chi connectivity index (χ1) is 8.13. The molecule has 1 saturated carbocycles. The van der Waals surface area contributed by atoms with Gasteiger partial charge in [-0.2, -0.15) is 0 Å². The number of hydrogen-bond acceptors (Lipinski definition) is 1. The second kappa shape index (κ2) is 5.49. The number of aliphatic hydroxyl groups excluding tert-OH is 1. The van der Waals surface area contributed by atoms with E-state index in [4.69, 9.17) is 0 Å². The normalized spacial score (nSPS) is 19.2. The van der Waals surface area contributed by atoms with Crippen molar-refractivity contribution in [2.24, 2.45) is 5.41 Å². The Morgan fingerprint density at radius 3 is 2.47 bits per heavy atom. The number of hydrogen-bond donors (Lipinski definition) is 1. The van der Waals surface area contributed by atoms with Crippen LogP contribution in [0.4, 0.5) is 4.39 Å². The first-order valence-corrected chi connectivity index (χ1v) is 6.99. The molecule has 94 valence electrons. The molecule has 1 aromatic carbocycles. The van der Waals surface area contributed by atoms with E-state index in [1.807, 2.05) is 6.07 Å². The quantitative estimate of drug-likeness (QED) is 0.892. The fourth-order valence-electron chi connectivity index (χ4n) is 2.84. The summed E-state index contributed by atoms with van der Waals surface area (Å²) in [5.74, 6) is -0.210. The van der Waals surface area contributed by atoms with E-state index < -0.39 is 0 Å². The van der Waals surface area contributed by atoms with E-state index in [0.717, 1.165) is 29.3 Å². The van der Waals surface area contributed by atoms with Crippen molar-refractivity contribution < 1.29 is 9.50 Å². The van der Waals surface area contributed by atoms with Crippen molar-refractivity contribution in [2.75, 3.05) is 6.61 Å². The first kappa shape index (κ1) is 13.0. The lowest BCUT2D eigenvalue weighted by molar-refractivity contribution is 0.0823. The van der Waals surface area contributed by atoms with Crippen LogP contribution < -0.4 is 0 Å². The van der Waals surface area contributed by atoms with Crippen LogP contribution in [-0.2, 0) is 6.42 Å². The van der Waals surface area contributed by atoms with E-state index in [9.17, 15) is 9.50 Å². The molecule has 1 nitrogen and oxygen atoms in total. The third kappa shape index (κ3) is 3.29. The van der Waals surface area contributed by atoms with Crippen LogP contribution in [0, 0.1) is 11.2 Å². The summed E-state index contributed by atoms with van der Waals surface area (Å²) in [6, 6.07) is 5.00. The molecule has 0 radical (unpaired) electrons. The van der Waals surface area contributed by atoms with Gasteiger partial charge in [0.1, 0.15) is 5.82 Å². The van der Waals surface area contributed by atoms with Crippen LogP contribution >= 0.6 is 15.9 Å². The van der Waals surface area contributed by atoms with E-state index >= 15 is 0 Å². The van der Waals surface area contributed by atoms with Crippen molar-refractivity contribution in [1.29, 1.82) is 0 Å². The second-order valence-corrected chi connectivity index (χ2v) is 6.09. The predicted octanol–water partition coefficient (Wildman–Crippen LogP) is 4.07. The summed E-state index contributed by atoms with van der Waals surface area (Å²) in [4.78, 5) is 0. The third-order valence-electron chi connectivity index (χ3n) is 3.75. The molecule has 0 amide bonds. The molecule has 0 heterocycles. The van der Waals surface area contributed by atoms with Crippen molar-refractivity contribution >= 4 is 15.9 Å². The molecule has 1 aliphatic rings. The van der Waals surface area contributed by atoms with Gasteiger partial charge in [-0.1, -0.05) is 35.2 Å².